The van der Waals surface area contributed by atoms with Gasteiger partial charge in [0.2, 0.25) is 0 Å². The summed E-state index contributed by atoms with van der Waals surface area (Å²) >= 11 is 0. The second kappa shape index (κ2) is 6.67. The van der Waals surface area contributed by atoms with E-state index in [0.717, 1.165) is 19.0 Å². The van der Waals surface area contributed by atoms with Crippen LogP contribution >= 0.6 is 0 Å². The van der Waals surface area contributed by atoms with Gasteiger partial charge in [0, 0.05) is 31.0 Å². The van der Waals surface area contributed by atoms with Crippen molar-refractivity contribution >= 4 is 0 Å². The van der Waals surface area contributed by atoms with Gasteiger partial charge in [-0.2, -0.15) is 0 Å². The van der Waals surface area contributed by atoms with Crippen LogP contribution in [0, 0.1) is 0 Å². The van der Waals surface area contributed by atoms with Crippen LogP contribution in [0.15, 0.2) is 66.5 Å². The Morgan fingerprint density at radius 3 is 2.57 bits per heavy atom. The number of nitrogens with zero attached hydrogens (tertiary/aromatic N) is 2. The topological polar surface area (TPSA) is 16.1 Å². The highest BCUT2D eigenvalue weighted by Gasteiger charge is 2.33. The number of aromatic nitrogens is 1. The van der Waals surface area contributed by atoms with Gasteiger partial charge in [0.15, 0.2) is 0 Å². The molecule has 0 spiro atoms. The summed E-state index contributed by atoms with van der Waals surface area (Å²) in [4.78, 5) is 6.86. The minimum Gasteiger partial charge on any atom is -0.289 e. The zero-order valence-electron chi connectivity index (χ0n) is 13.6. The Morgan fingerprint density at radius 1 is 0.957 bits per heavy atom. The third kappa shape index (κ3) is 3.37. The van der Waals surface area contributed by atoms with Gasteiger partial charge >= 0.3 is 0 Å². The fraction of sp³-hybridized carbons (Fsp3) is 0.381. The molecule has 1 fully saturated rings. The Hall–Kier alpha value is -1.93. The molecule has 0 saturated carbocycles. The summed E-state index contributed by atoms with van der Waals surface area (Å²) in [5, 5.41) is 0. The van der Waals surface area contributed by atoms with E-state index >= 15 is 0 Å². The molecule has 2 unspecified atom stereocenters. The van der Waals surface area contributed by atoms with Crippen molar-refractivity contribution in [1.29, 1.82) is 0 Å². The average molecular weight is 304 g/mol. The maximum absolute atomic E-state index is 4.13. The van der Waals surface area contributed by atoms with Gasteiger partial charge in [-0.25, -0.2) is 0 Å². The first kappa shape index (κ1) is 14.6. The molecule has 118 valence electrons. The summed E-state index contributed by atoms with van der Waals surface area (Å²) in [5.74, 6) is 0. The van der Waals surface area contributed by atoms with E-state index in [1.165, 1.54) is 36.8 Å². The molecule has 2 aliphatic heterocycles. The number of hydrogen-bond donors (Lipinski definition) is 0. The van der Waals surface area contributed by atoms with Gasteiger partial charge in [0.25, 0.3) is 0 Å². The Kier molecular flexibility index (Phi) is 4.25. The number of rotatable bonds is 4. The monoisotopic (exact) mass is 304 g/mol. The maximum atomic E-state index is 4.13. The number of benzene rings is 1. The van der Waals surface area contributed by atoms with Crippen LogP contribution in [0.1, 0.15) is 36.8 Å². The van der Waals surface area contributed by atoms with E-state index in [1.54, 1.807) is 5.57 Å². The second-order valence-electron chi connectivity index (χ2n) is 6.87. The maximum Gasteiger partial charge on any atom is 0.0287 e. The van der Waals surface area contributed by atoms with Crippen LogP contribution in [-0.4, -0.2) is 22.0 Å². The summed E-state index contributed by atoms with van der Waals surface area (Å²) in [6.07, 6.45) is 12.7. The Labute approximate surface area is 138 Å². The molecule has 2 atom stereocenters. The van der Waals surface area contributed by atoms with Crippen molar-refractivity contribution in [2.75, 3.05) is 0 Å². The molecule has 23 heavy (non-hydrogen) atoms. The van der Waals surface area contributed by atoms with Crippen molar-refractivity contribution in [3.63, 3.8) is 0 Å². The molecule has 0 radical (unpaired) electrons. The third-order valence-electron chi connectivity index (χ3n) is 5.25. The fourth-order valence-corrected chi connectivity index (χ4v) is 4.14. The molecule has 1 saturated heterocycles. The first-order valence-corrected chi connectivity index (χ1v) is 8.76. The Bertz CT molecular complexity index is 663. The average Bonchev–Trinajstić information content (AvgIpc) is 2.57. The largest absolute Gasteiger partial charge is 0.289 e. The van der Waals surface area contributed by atoms with E-state index in [2.05, 4.69) is 58.4 Å². The molecule has 0 amide bonds. The van der Waals surface area contributed by atoms with Gasteiger partial charge in [-0.15, -0.1) is 0 Å². The lowest BCUT2D eigenvalue weighted by Gasteiger charge is -2.45. The number of hydrogen-bond acceptors (Lipinski definition) is 2. The molecule has 1 aromatic carbocycles. The van der Waals surface area contributed by atoms with Crippen molar-refractivity contribution in [1.82, 2.24) is 9.88 Å². The molecule has 0 N–H and O–H groups in total. The van der Waals surface area contributed by atoms with Gasteiger partial charge in [0.05, 0.1) is 0 Å². The first-order chi connectivity index (χ1) is 11.4. The quantitative estimate of drug-likeness (QED) is 0.779. The molecular weight excluding hydrogens is 280 g/mol. The Balaban J connectivity index is 1.51. The molecule has 2 bridgehead atoms. The minimum atomic E-state index is 0.625. The summed E-state index contributed by atoms with van der Waals surface area (Å²) < 4.78 is 0. The predicted octanol–water partition coefficient (Wildman–Crippen LogP) is 4.38. The zero-order chi connectivity index (χ0) is 15.5. The van der Waals surface area contributed by atoms with E-state index in [-0.39, 0.29) is 0 Å². The van der Waals surface area contributed by atoms with Crippen LogP contribution in [0.5, 0.6) is 0 Å². The number of pyridine rings is 1. The standard InChI is InChI=1S/C21H24N2/c1-2-5-18(6-3-1)16-23-20-7-4-8-21(23)15-19(14-20)13-17-9-11-22-12-10-17/h1-3,5-6,9-12,14,20-21H,4,7-8,13,15-16H2. The SMILES string of the molecule is C1=C(Cc2ccncc2)CC2CCCC1N2Cc1ccccc1. The van der Waals surface area contributed by atoms with Crippen molar-refractivity contribution < 1.29 is 0 Å². The van der Waals surface area contributed by atoms with Crippen LogP contribution in [-0.2, 0) is 13.0 Å². The lowest BCUT2D eigenvalue weighted by atomic mass is 9.83. The van der Waals surface area contributed by atoms with Crippen LogP contribution in [0.4, 0.5) is 0 Å². The molecule has 4 rings (SSSR count). The van der Waals surface area contributed by atoms with Crippen molar-refractivity contribution in [2.24, 2.45) is 0 Å². The molecule has 2 nitrogen and oxygen atoms in total. The molecule has 2 aliphatic rings. The van der Waals surface area contributed by atoms with E-state index in [4.69, 9.17) is 0 Å². The van der Waals surface area contributed by atoms with E-state index in [1.807, 2.05) is 12.4 Å². The van der Waals surface area contributed by atoms with E-state index in [9.17, 15) is 0 Å². The predicted molar refractivity (Wildman–Crippen MR) is 94.1 cm³/mol. The smallest absolute Gasteiger partial charge is 0.0287 e. The number of fused-ring (bicyclic) bond motifs is 2. The van der Waals surface area contributed by atoms with Crippen LogP contribution in [0.2, 0.25) is 0 Å². The molecule has 3 heterocycles. The third-order valence-corrected chi connectivity index (χ3v) is 5.25. The second-order valence-corrected chi connectivity index (χ2v) is 6.87. The van der Waals surface area contributed by atoms with Gasteiger partial charge in [-0.1, -0.05) is 48.4 Å². The molecular formula is C21H24N2. The lowest BCUT2D eigenvalue weighted by molar-refractivity contribution is 0.0880. The van der Waals surface area contributed by atoms with Gasteiger partial charge in [-0.3, -0.25) is 9.88 Å². The van der Waals surface area contributed by atoms with Crippen molar-refractivity contribution in [2.45, 2.75) is 50.7 Å². The molecule has 0 aliphatic carbocycles. The van der Waals surface area contributed by atoms with Gasteiger partial charge in [-0.05, 0) is 48.9 Å². The first-order valence-electron chi connectivity index (χ1n) is 8.76. The summed E-state index contributed by atoms with van der Waals surface area (Å²) in [7, 11) is 0. The highest BCUT2D eigenvalue weighted by Crippen LogP contribution is 2.35. The summed E-state index contributed by atoms with van der Waals surface area (Å²) in [6, 6.07) is 16.6. The molecule has 2 heteroatoms. The van der Waals surface area contributed by atoms with Gasteiger partial charge in [0.1, 0.15) is 0 Å². The minimum absolute atomic E-state index is 0.625. The molecule has 2 aromatic rings. The van der Waals surface area contributed by atoms with Crippen LogP contribution in [0.25, 0.3) is 0 Å². The number of piperidine rings is 1. The van der Waals surface area contributed by atoms with Gasteiger partial charge < -0.3 is 0 Å². The lowest BCUT2D eigenvalue weighted by Crippen LogP contribution is -2.48. The summed E-state index contributed by atoms with van der Waals surface area (Å²) in [6.45, 7) is 1.09. The zero-order valence-corrected chi connectivity index (χ0v) is 13.6. The highest BCUT2D eigenvalue weighted by atomic mass is 15.2. The highest BCUT2D eigenvalue weighted by molar-refractivity contribution is 5.25. The normalized spacial score (nSPS) is 24.3. The molecule has 1 aromatic heterocycles. The van der Waals surface area contributed by atoms with E-state index < -0.39 is 0 Å². The Morgan fingerprint density at radius 2 is 1.78 bits per heavy atom. The van der Waals surface area contributed by atoms with Crippen molar-refractivity contribution in [3.05, 3.63) is 77.6 Å². The van der Waals surface area contributed by atoms with E-state index in [0.29, 0.717) is 6.04 Å². The fourth-order valence-electron chi connectivity index (χ4n) is 4.14. The van der Waals surface area contributed by atoms with Crippen LogP contribution in [0.3, 0.4) is 0 Å². The summed E-state index contributed by atoms with van der Waals surface area (Å²) in [5.41, 5.74) is 4.45. The van der Waals surface area contributed by atoms with Crippen LogP contribution < -0.4 is 0 Å². The van der Waals surface area contributed by atoms with Crippen molar-refractivity contribution in [3.8, 4) is 0 Å².